The summed E-state index contributed by atoms with van der Waals surface area (Å²) in [6, 6.07) is 3.20. The second kappa shape index (κ2) is 10.9. The van der Waals surface area contributed by atoms with Gasteiger partial charge in [-0.3, -0.25) is 9.89 Å². The molecule has 0 aliphatic carbocycles. The van der Waals surface area contributed by atoms with Crippen molar-refractivity contribution in [2.24, 2.45) is 4.99 Å². The van der Waals surface area contributed by atoms with E-state index in [-0.39, 0.29) is 0 Å². The predicted molar refractivity (Wildman–Crippen MR) is 104 cm³/mol. The SMILES string of the molecule is CN=C(NCCOc1c(Cl)cc(Cl)cc1Cl)NCCN1CCOCC1. The zero-order chi connectivity index (χ0) is 18.1. The standard InChI is InChI=1S/C16H23Cl3N4O2/c1-20-16(21-2-4-23-5-8-24-9-6-23)22-3-7-25-15-13(18)10-12(17)11-14(15)19/h10-11H,2-9H2,1H3,(H2,20,21,22). The summed E-state index contributed by atoms with van der Waals surface area (Å²) < 4.78 is 11.0. The van der Waals surface area contributed by atoms with Crippen molar-refractivity contribution in [3.63, 3.8) is 0 Å². The van der Waals surface area contributed by atoms with Gasteiger partial charge < -0.3 is 20.1 Å². The Bertz CT molecular complexity index is 557. The third-order valence-electron chi connectivity index (χ3n) is 3.65. The number of hydrogen-bond donors (Lipinski definition) is 2. The van der Waals surface area contributed by atoms with E-state index in [2.05, 4.69) is 20.5 Å². The summed E-state index contributed by atoms with van der Waals surface area (Å²) in [5.74, 6) is 1.16. The molecule has 1 heterocycles. The summed E-state index contributed by atoms with van der Waals surface area (Å²) in [6.45, 7) is 6.29. The highest BCUT2D eigenvalue weighted by Crippen LogP contribution is 2.35. The van der Waals surface area contributed by atoms with Crippen molar-refractivity contribution >= 4 is 40.8 Å². The zero-order valence-corrected chi connectivity index (χ0v) is 16.4. The lowest BCUT2D eigenvalue weighted by molar-refractivity contribution is 0.0389. The number of ether oxygens (including phenoxy) is 2. The van der Waals surface area contributed by atoms with Gasteiger partial charge in [-0.2, -0.15) is 0 Å². The molecule has 0 atom stereocenters. The maximum absolute atomic E-state index is 6.08. The fourth-order valence-corrected chi connectivity index (χ4v) is 3.29. The number of rotatable bonds is 7. The van der Waals surface area contributed by atoms with Crippen molar-refractivity contribution in [2.45, 2.75) is 0 Å². The van der Waals surface area contributed by atoms with E-state index in [1.807, 2.05) is 0 Å². The van der Waals surface area contributed by atoms with E-state index in [4.69, 9.17) is 44.3 Å². The molecule has 0 spiro atoms. The summed E-state index contributed by atoms with van der Waals surface area (Å²) in [7, 11) is 1.73. The first-order chi connectivity index (χ1) is 12.1. The number of morpholine rings is 1. The average Bonchev–Trinajstić information content (AvgIpc) is 2.59. The number of aliphatic imine (C=N–C) groups is 1. The Hall–Kier alpha value is -0.920. The molecule has 0 amide bonds. The average molecular weight is 410 g/mol. The van der Waals surface area contributed by atoms with Crippen LogP contribution in [0.1, 0.15) is 0 Å². The van der Waals surface area contributed by atoms with Gasteiger partial charge in [-0.1, -0.05) is 34.8 Å². The third-order valence-corrected chi connectivity index (χ3v) is 4.43. The third kappa shape index (κ3) is 7.07. The number of halogens is 3. The van der Waals surface area contributed by atoms with Gasteiger partial charge in [0.25, 0.3) is 0 Å². The van der Waals surface area contributed by atoms with Gasteiger partial charge in [-0.15, -0.1) is 0 Å². The molecule has 25 heavy (non-hydrogen) atoms. The largest absolute Gasteiger partial charge is 0.489 e. The lowest BCUT2D eigenvalue weighted by atomic mass is 10.3. The summed E-state index contributed by atoms with van der Waals surface area (Å²) in [5, 5.41) is 7.73. The smallest absolute Gasteiger partial charge is 0.191 e. The van der Waals surface area contributed by atoms with Gasteiger partial charge in [0.2, 0.25) is 0 Å². The molecule has 0 saturated carbocycles. The minimum absolute atomic E-state index is 0.394. The Morgan fingerprint density at radius 3 is 2.44 bits per heavy atom. The van der Waals surface area contributed by atoms with Gasteiger partial charge in [-0.05, 0) is 12.1 Å². The quantitative estimate of drug-likeness (QED) is 0.412. The topological polar surface area (TPSA) is 58.1 Å². The molecule has 1 aliphatic rings. The van der Waals surface area contributed by atoms with E-state index < -0.39 is 0 Å². The zero-order valence-electron chi connectivity index (χ0n) is 14.2. The molecule has 1 aromatic rings. The highest BCUT2D eigenvalue weighted by Gasteiger charge is 2.10. The van der Waals surface area contributed by atoms with Crippen molar-refractivity contribution in [2.75, 3.05) is 59.6 Å². The first-order valence-electron chi connectivity index (χ1n) is 8.12. The molecule has 1 aliphatic heterocycles. The molecule has 0 unspecified atom stereocenters. The van der Waals surface area contributed by atoms with Crippen molar-refractivity contribution in [1.82, 2.24) is 15.5 Å². The van der Waals surface area contributed by atoms with E-state index in [9.17, 15) is 0 Å². The maximum Gasteiger partial charge on any atom is 0.191 e. The monoisotopic (exact) mass is 408 g/mol. The first-order valence-corrected chi connectivity index (χ1v) is 9.25. The van der Waals surface area contributed by atoms with Gasteiger partial charge in [0.05, 0.1) is 29.8 Å². The summed E-state index contributed by atoms with van der Waals surface area (Å²) >= 11 is 18.0. The van der Waals surface area contributed by atoms with Crippen molar-refractivity contribution in [1.29, 1.82) is 0 Å². The van der Waals surface area contributed by atoms with Gasteiger partial charge in [0.15, 0.2) is 11.7 Å². The van der Waals surface area contributed by atoms with E-state index in [0.29, 0.717) is 34.0 Å². The number of guanidine groups is 1. The number of hydrogen-bond acceptors (Lipinski definition) is 4. The number of nitrogens with one attached hydrogen (secondary N) is 2. The Morgan fingerprint density at radius 2 is 1.80 bits per heavy atom. The Balaban J connectivity index is 1.65. The van der Waals surface area contributed by atoms with Crippen molar-refractivity contribution in [3.8, 4) is 5.75 Å². The van der Waals surface area contributed by atoms with Gasteiger partial charge in [-0.25, -0.2) is 0 Å². The summed E-state index contributed by atoms with van der Waals surface area (Å²) in [6.07, 6.45) is 0. The molecule has 1 fully saturated rings. The molecule has 9 heteroatoms. The number of benzene rings is 1. The van der Waals surface area contributed by atoms with Gasteiger partial charge >= 0.3 is 0 Å². The molecule has 1 aromatic carbocycles. The molecule has 0 aromatic heterocycles. The number of nitrogens with zero attached hydrogens (tertiary/aromatic N) is 2. The molecule has 1 saturated heterocycles. The normalized spacial score (nSPS) is 15.9. The van der Waals surface area contributed by atoms with E-state index in [1.165, 1.54) is 0 Å². The minimum atomic E-state index is 0.394. The second-order valence-corrected chi connectivity index (χ2v) is 6.68. The van der Waals surface area contributed by atoms with Gasteiger partial charge in [0, 0.05) is 38.2 Å². The molecular weight excluding hydrogens is 387 g/mol. The van der Waals surface area contributed by atoms with Crippen LogP contribution >= 0.6 is 34.8 Å². The molecule has 2 rings (SSSR count). The van der Waals surface area contributed by atoms with E-state index in [0.717, 1.165) is 45.4 Å². The molecule has 140 valence electrons. The maximum atomic E-state index is 6.08. The van der Waals surface area contributed by atoms with Crippen LogP contribution in [-0.4, -0.2) is 70.5 Å². The fraction of sp³-hybridized carbons (Fsp3) is 0.562. The van der Waals surface area contributed by atoms with E-state index >= 15 is 0 Å². The molecule has 0 radical (unpaired) electrons. The lowest BCUT2D eigenvalue weighted by Gasteiger charge is -2.26. The van der Waals surface area contributed by atoms with Crippen molar-refractivity contribution in [3.05, 3.63) is 27.2 Å². The van der Waals surface area contributed by atoms with Crippen LogP contribution in [-0.2, 0) is 4.74 Å². The fourth-order valence-electron chi connectivity index (χ4n) is 2.37. The van der Waals surface area contributed by atoms with Crippen LogP contribution in [0.2, 0.25) is 15.1 Å². The minimum Gasteiger partial charge on any atom is -0.489 e. The van der Waals surface area contributed by atoms with Crippen LogP contribution in [0.3, 0.4) is 0 Å². The van der Waals surface area contributed by atoms with Crippen LogP contribution in [0.4, 0.5) is 0 Å². The lowest BCUT2D eigenvalue weighted by Crippen LogP contribution is -2.45. The Labute approximate surface area is 163 Å². The highest BCUT2D eigenvalue weighted by molar-refractivity contribution is 6.40. The summed E-state index contributed by atoms with van der Waals surface area (Å²) in [5.41, 5.74) is 0. The first kappa shape index (κ1) is 20.4. The van der Waals surface area contributed by atoms with Gasteiger partial charge in [0.1, 0.15) is 6.61 Å². The Morgan fingerprint density at radius 1 is 1.16 bits per heavy atom. The molecule has 6 nitrogen and oxygen atoms in total. The predicted octanol–water partition coefficient (Wildman–Crippen LogP) is 2.52. The van der Waals surface area contributed by atoms with Crippen molar-refractivity contribution < 1.29 is 9.47 Å². The van der Waals surface area contributed by atoms with Crippen LogP contribution in [0.15, 0.2) is 17.1 Å². The highest BCUT2D eigenvalue weighted by atomic mass is 35.5. The molecular formula is C16H23Cl3N4O2. The second-order valence-electron chi connectivity index (χ2n) is 5.43. The van der Waals surface area contributed by atoms with Crippen LogP contribution in [0, 0.1) is 0 Å². The van der Waals surface area contributed by atoms with Crippen LogP contribution in [0.5, 0.6) is 5.75 Å². The van der Waals surface area contributed by atoms with E-state index in [1.54, 1.807) is 19.2 Å². The molecule has 2 N–H and O–H groups in total. The van der Waals surface area contributed by atoms with Crippen LogP contribution in [0.25, 0.3) is 0 Å². The van der Waals surface area contributed by atoms with Crippen LogP contribution < -0.4 is 15.4 Å². The summed E-state index contributed by atoms with van der Waals surface area (Å²) in [4.78, 5) is 6.55. The molecule has 0 bridgehead atoms. The Kier molecular flexibility index (Phi) is 8.92.